The van der Waals surface area contributed by atoms with Crippen LogP contribution < -0.4 is 4.73 Å². The van der Waals surface area contributed by atoms with Crippen LogP contribution in [0.4, 0.5) is 0 Å². The number of aromatic nitrogens is 2. The van der Waals surface area contributed by atoms with Gasteiger partial charge in [0.05, 0.1) is 5.56 Å². The third-order valence-electron chi connectivity index (χ3n) is 2.83. The number of aromatic hydroxyl groups is 1. The first-order chi connectivity index (χ1) is 8.68. The Bertz CT molecular complexity index is 720. The number of benzene rings is 2. The fraction of sp³-hybridized carbons (Fsp3) is 0. The number of imidazole rings is 1. The third-order valence-corrected chi connectivity index (χ3v) is 2.83. The molecule has 5 heteroatoms. The van der Waals surface area contributed by atoms with Crippen molar-refractivity contribution < 1.29 is 15.0 Å². The van der Waals surface area contributed by atoms with Gasteiger partial charge in [-0.2, -0.15) is 0 Å². The van der Waals surface area contributed by atoms with Crippen molar-refractivity contribution in [3.8, 4) is 17.1 Å². The first-order valence-corrected chi connectivity index (χ1v) is 5.40. The fourth-order valence-corrected chi connectivity index (χ4v) is 1.99. The molecular formula is C13H10N2O3. The van der Waals surface area contributed by atoms with Crippen molar-refractivity contribution in [2.24, 2.45) is 0 Å². The molecule has 0 unspecified atom stereocenters. The highest BCUT2D eigenvalue weighted by Gasteiger charge is 2.23. The molecule has 3 rings (SSSR count). The van der Waals surface area contributed by atoms with Crippen LogP contribution in [0.1, 0.15) is 0 Å². The Morgan fingerprint density at radius 2 is 1.78 bits per heavy atom. The van der Waals surface area contributed by atoms with Crippen LogP contribution in [-0.4, -0.2) is 15.0 Å². The lowest BCUT2D eigenvalue weighted by Gasteiger charge is -2.02. The van der Waals surface area contributed by atoms with Crippen LogP contribution in [0.2, 0.25) is 0 Å². The summed E-state index contributed by atoms with van der Waals surface area (Å²) in [6.07, 6.45) is 0. The topological polar surface area (TPSA) is 72.3 Å². The lowest BCUT2D eigenvalue weighted by Crippen LogP contribution is -2.28. The Hall–Kier alpha value is -2.69. The van der Waals surface area contributed by atoms with E-state index in [1.165, 1.54) is 18.2 Å². The zero-order chi connectivity index (χ0) is 12.7. The number of hydrogen-bond acceptors (Lipinski definition) is 3. The lowest BCUT2D eigenvalue weighted by atomic mass is 10.2. The SMILES string of the molecule is [O-][n+]1c(-c2ccccc2)n(O)c2ccc(O)cc21. The van der Waals surface area contributed by atoms with Crippen LogP contribution >= 0.6 is 0 Å². The Morgan fingerprint density at radius 3 is 2.50 bits per heavy atom. The molecule has 3 aromatic rings. The number of phenols is 1. The normalized spacial score (nSPS) is 10.9. The molecule has 0 bridgehead atoms. The number of rotatable bonds is 1. The van der Waals surface area contributed by atoms with Crippen molar-refractivity contribution in [3.05, 3.63) is 53.7 Å². The summed E-state index contributed by atoms with van der Waals surface area (Å²) in [5, 5.41) is 31.5. The molecular weight excluding hydrogens is 232 g/mol. The van der Waals surface area contributed by atoms with Gasteiger partial charge in [0.25, 0.3) is 0 Å². The molecule has 90 valence electrons. The molecule has 2 N–H and O–H groups in total. The molecule has 0 amide bonds. The molecule has 0 fully saturated rings. The Balaban J connectivity index is 2.37. The first kappa shape index (κ1) is 10.5. The van der Waals surface area contributed by atoms with Crippen molar-refractivity contribution in [1.82, 2.24) is 4.73 Å². The van der Waals surface area contributed by atoms with Gasteiger partial charge in [-0.3, -0.25) is 0 Å². The van der Waals surface area contributed by atoms with Crippen LogP contribution in [0, 0.1) is 5.21 Å². The maximum atomic E-state index is 12.1. The van der Waals surface area contributed by atoms with Gasteiger partial charge in [0.1, 0.15) is 5.75 Å². The Kier molecular flexibility index (Phi) is 2.13. The maximum absolute atomic E-state index is 12.1. The molecule has 0 aliphatic rings. The molecule has 1 aromatic heterocycles. The summed E-state index contributed by atoms with van der Waals surface area (Å²) in [6, 6.07) is 13.1. The van der Waals surface area contributed by atoms with E-state index in [1.807, 2.05) is 6.07 Å². The quantitative estimate of drug-likeness (QED) is 0.389. The molecule has 0 atom stereocenters. The molecule has 2 aromatic carbocycles. The van der Waals surface area contributed by atoms with Crippen LogP contribution in [0.15, 0.2) is 48.5 Å². The minimum Gasteiger partial charge on any atom is -0.710 e. The molecule has 1 heterocycles. The van der Waals surface area contributed by atoms with Gasteiger partial charge in [-0.05, 0) is 29.0 Å². The Labute approximate surface area is 102 Å². The number of nitrogens with zero attached hydrogens (tertiary/aromatic N) is 2. The maximum Gasteiger partial charge on any atom is 0.332 e. The lowest BCUT2D eigenvalue weighted by molar-refractivity contribution is -0.567. The molecule has 0 saturated heterocycles. The molecule has 0 saturated carbocycles. The van der Waals surface area contributed by atoms with Gasteiger partial charge in [-0.15, -0.1) is 0 Å². The third kappa shape index (κ3) is 1.37. The van der Waals surface area contributed by atoms with E-state index in [4.69, 9.17) is 0 Å². The van der Waals surface area contributed by atoms with E-state index in [-0.39, 0.29) is 17.1 Å². The number of fused-ring (bicyclic) bond motifs is 1. The van der Waals surface area contributed by atoms with Crippen LogP contribution in [0.3, 0.4) is 0 Å². The second-order valence-corrected chi connectivity index (χ2v) is 3.97. The smallest absolute Gasteiger partial charge is 0.332 e. The van der Waals surface area contributed by atoms with Crippen molar-refractivity contribution in [2.75, 3.05) is 0 Å². The van der Waals surface area contributed by atoms with Gasteiger partial charge in [0.15, 0.2) is 5.52 Å². The second kappa shape index (κ2) is 3.66. The van der Waals surface area contributed by atoms with Gasteiger partial charge < -0.3 is 15.5 Å². The summed E-state index contributed by atoms with van der Waals surface area (Å²) in [5.74, 6) is 0.105. The van der Waals surface area contributed by atoms with E-state index in [0.717, 1.165) is 4.73 Å². The highest BCUT2D eigenvalue weighted by molar-refractivity contribution is 5.77. The van der Waals surface area contributed by atoms with Crippen molar-refractivity contribution in [2.45, 2.75) is 0 Å². The van der Waals surface area contributed by atoms with E-state index < -0.39 is 0 Å². The molecule has 0 spiro atoms. The minimum atomic E-state index is -0.0164. The van der Waals surface area contributed by atoms with Crippen LogP contribution in [-0.2, 0) is 0 Å². The average molecular weight is 242 g/mol. The molecule has 0 aliphatic carbocycles. The predicted molar refractivity (Wildman–Crippen MR) is 65.2 cm³/mol. The Morgan fingerprint density at radius 1 is 1.06 bits per heavy atom. The summed E-state index contributed by atoms with van der Waals surface area (Å²) >= 11 is 0. The van der Waals surface area contributed by atoms with Crippen LogP contribution in [0.5, 0.6) is 5.75 Å². The monoisotopic (exact) mass is 242 g/mol. The zero-order valence-electron chi connectivity index (χ0n) is 9.32. The van der Waals surface area contributed by atoms with E-state index in [1.54, 1.807) is 24.3 Å². The van der Waals surface area contributed by atoms with Gasteiger partial charge in [0, 0.05) is 6.07 Å². The molecule has 0 radical (unpaired) electrons. The number of phenolic OH excluding ortho intramolecular Hbond substituents is 1. The standard InChI is InChI=1S/C13H10N2O3/c16-10-6-7-11-12(8-10)15(18)13(14(11)17)9-4-2-1-3-5-9/h1-8,16-17H. The second-order valence-electron chi connectivity index (χ2n) is 3.97. The summed E-state index contributed by atoms with van der Waals surface area (Å²) in [4.78, 5) is 0. The average Bonchev–Trinajstić information content (AvgIpc) is 2.63. The van der Waals surface area contributed by atoms with Crippen molar-refractivity contribution >= 4 is 11.0 Å². The van der Waals surface area contributed by atoms with Crippen LogP contribution in [0.25, 0.3) is 22.4 Å². The van der Waals surface area contributed by atoms with E-state index >= 15 is 0 Å². The largest absolute Gasteiger partial charge is 0.710 e. The van der Waals surface area contributed by atoms with Gasteiger partial charge in [-0.25, -0.2) is 4.73 Å². The van der Waals surface area contributed by atoms with E-state index in [9.17, 15) is 15.5 Å². The van der Waals surface area contributed by atoms with Crippen molar-refractivity contribution in [1.29, 1.82) is 0 Å². The van der Waals surface area contributed by atoms with E-state index in [2.05, 4.69) is 0 Å². The summed E-state index contributed by atoms with van der Waals surface area (Å²) < 4.78 is 1.43. The number of hydrogen-bond donors (Lipinski definition) is 2. The zero-order valence-corrected chi connectivity index (χ0v) is 9.32. The first-order valence-electron chi connectivity index (χ1n) is 5.40. The molecule has 18 heavy (non-hydrogen) atoms. The summed E-state index contributed by atoms with van der Waals surface area (Å²) in [6.45, 7) is 0. The highest BCUT2D eigenvalue weighted by atomic mass is 16.5. The van der Waals surface area contributed by atoms with Crippen molar-refractivity contribution in [3.63, 3.8) is 0 Å². The predicted octanol–water partition coefficient (Wildman–Crippen LogP) is 1.88. The highest BCUT2D eigenvalue weighted by Crippen LogP contribution is 2.23. The summed E-state index contributed by atoms with van der Waals surface area (Å²) in [7, 11) is 0. The van der Waals surface area contributed by atoms with E-state index in [0.29, 0.717) is 15.8 Å². The minimum absolute atomic E-state index is 0.0164. The fourth-order valence-electron chi connectivity index (χ4n) is 1.99. The molecule has 0 aliphatic heterocycles. The van der Waals surface area contributed by atoms with Gasteiger partial charge >= 0.3 is 5.82 Å². The van der Waals surface area contributed by atoms with Gasteiger partial charge in [-0.1, -0.05) is 18.2 Å². The molecule has 5 nitrogen and oxygen atoms in total. The van der Waals surface area contributed by atoms with Gasteiger partial charge in [0.2, 0.25) is 5.52 Å². The summed E-state index contributed by atoms with van der Waals surface area (Å²) in [5.41, 5.74) is 1.17.